The van der Waals surface area contributed by atoms with Crippen LogP contribution in [0.2, 0.25) is 0 Å². The van der Waals surface area contributed by atoms with E-state index in [9.17, 15) is 39.3 Å². The van der Waals surface area contributed by atoms with Crippen LogP contribution in [0.4, 0.5) is 0 Å². The second-order valence-corrected chi connectivity index (χ2v) is 17.0. The molecule has 3 fully saturated rings. The Hall–Kier alpha value is -5.68. The molecule has 1 aliphatic heterocycles. The number of hydrogen-bond donors (Lipinski definition) is 4. The summed E-state index contributed by atoms with van der Waals surface area (Å²) in [5, 5.41) is 39.9. The quantitative estimate of drug-likeness (QED) is 0.130. The van der Waals surface area contributed by atoms with Gasteiger partial charge >= 0.3 is 23.9 Å². The number of amides is 1. The second kappa shape index (κ2) is 16.0. The smallest absolute Gasteiger partial charge is 0.338 e. The molecule has 0 radical (unpaired) electrons. The van der Waals surface area contributed by atoms with E-state index in [0.717, 1.165) is 13.8 Å². The molecule has 2 heterocycles. The number of fused-ring (bicyclic) bond motifs is 5. The molecule has 2 saturated carbocycles. The lowest BCUT2D eigenvalue weighted by Crippen LogP contribution is -2.82. The number of aliphatic hydroxyl groups is 3. The first-order valence-corrected chi connectivity index (χ1v) is 20.0. The van der Waals surface area contributed by atoms with Crippen LogP contribution in [0.15, 0.2) is 94.6 Å². The van der Waals surface area contributed by atoms with Crippen molar-refractivity contribution in [1.82, 2.24) is 5.32 Å². The van der Waals surface area contributed by atoms with Crippen molar-refractivity contribution in [2.24, 2.45) is 16.7 Å². The number of benzene rings is 2. The third-order valence-electron chi connectivity index (χ3n) is 13.2. The molecule has 324 valence electrons. The number of nitrogens with one attached hydrogen (secondary N) is 1. The fourth-order valence-corrected chi connectivity index (χ4v) is 9.95. The molecule has 2 bridgehead atoms. The van der Waals surface area contributed by atoms with Gasteiger partial charge in [-0.1, -0.05) is 50.2 Å². The summed E-state index contributed by atoms with van der Waals surface area (Å²) in [6.45, 7) is 7.90. The van der Waals surface area contributed by atoms with Crippen molar-refractivity contribution in [1.29, 1.82) is 0 Å². The first-order chi connectivity index (χ1) is 28.8. The molecule has 16 heteroatoms. The number of rotatable bonds is 10. The van der Waals surface area contributed by atoms with Crippen LogP contribution in [0, 0.1) is 16.7 Å². The first-order valence-electron chi connectivity index (χ1n) is 20.0. The zero-order valence-corrected chi connectivity index (χ0v) is 34.5. The molecular weight excluding hydrogens is 794 g/mol. The third-order valence-corrected chi connectivity index (χ3v) is 13.2. The Bertz CT molecular complexity index is 2240. The predicted molar refractivity (Wildman–Crippen MR) is 210 cm³/mol. The zero-order valence-electron chi connectivity index (χ0n) is 34.5. The average Bonchev–Trinajstić information content (AvgIpc) is 3.76. The van der Waals surface area contributed by atoms with Crippen LogP contribution in [0.1, 0.15) is 86.9 Å². The van der Waals surface area contributed by atoms with Gasteiger partial charge in [0, 0.05) is 37.7 Å². The van der Waals surface area contributed by atoms with Gasteiger partial charge in [0.1, 0.15) is 35.7 Å². The summed E-state index contributed by atoms with van der Waals surface area (Å²) >= 11 is 0. The molecule has 3 aromatic rings. The van der Waals surface area contributed by atoms with Gasteiger partial charge in [-0.25, -0.2) is 9.59 Å². The summed E-state index contributed by atoms with van der Waals surface area (Å²) in [5.74, 6) is -6.98. The van der Waals surface area contributed by atoms with Gasteiger partial charge in [-0.3, -0.25) is 19.2 Å². The number of ether oxygens (including phenoxy) is 5. The fraction of sp³-hybridized carbons (Fsp3) is 0.467. The molecular formula is C45H49NO15. The normalized spacial score (nSPS) is 32.2. The van der Waals surface area contributed by atoms with E-state index in [0.29, 0.717) is 0 Å². The molecule has 61 heavy (non-hydrogen) atoms. The van der Waals surface area contributed by atoms with E-state index in [4.69, 9.17) is 28.1 Å². The highest BCUT2D eigenvalue weighted by atomic mass is 16.6. The molecule has 1 amide bonds. The molecule has 1 saturated heterocycles. The van der Waals surface area contributed by atoms with E-state index in [2.05, 4.69) is 5.32 Å². The van der Waals surface area contributed by atoms with Gasteiger partial charge in [-0.05, 0) is 61.4 Å². The summed E-state index contributed by atoms with van der Waals surface area (Å²) in [6, 6.07) is 17.3. The lowest BCUT2D eigenvalue weighted by Gasteiger charge is -2.67. The standard InChI is InChI=1S/C45H49NO15/c1-23-29(59-41(54)34(50)33(28-18-13-19-56-28)46-39(52)26-14-9-7-10-15-26)21-45(55)38(60-40(53)27-16-11-8-12-17-27)36-43(6,30(49)20-31-44(36,22-57-31)61-25(3)48)37(51)35(58-24(2)47)32(23)42(45,4)5/h7-19,29-31,33-36,38,49-50,55H,20-22H2,1-6H3,(H,46,52)/t29-,30-,31+,33?,34+,35+,36-,38-,43+,44-,45+/m0/s1. The summed E-state index contributed by atoms with van der Waals surface area (Å²) in [4.78, 5) is 83.1. The maximum absolute atomic E-state index is 15.4. The van der Waals surface area contributed by atoms with Gasteiger partial charge in [0.05, 0.1) is 35.9 Å². The van der Waals surface area contributed by atoms with Crippen molar-refractivity contribution >= 4 is 35.6 Å². The van der Waals surface area contributed by atoms with Crippen LogP contribution in [0.25, 0.3) is 0 Å². The molecule has 2 aromatic carbocycles. The molecule has 1 aromatic heterocycles. The number of carbonyl (C=O) groups excluding carboxylic acids is 6. The number of Topliss-reactive ketones (excluding diaryl/α,β-unsaturated/α-hetero) is 1. The number of carbonyl (C=O) groups is 6. The molecule has 11 atom stereocenters. The molecule has 4 aliphatic rings. The topological polar surface area (TPSA) is 234 Å². The highest BCUT2D eigenvalue weighted by molar-refractivity contribution is 5.96. The summed E-state index contributed by atoms with van der Waals surface area (Å²) in [6.07, 6.45) is -9.38. The van der Waals surface area contributed by atoms with Crippen molar-refractivity contribution in [2.45, 2.75) is 108 Å². The molecule has 0 spiro atoms. The number of ketones is 1. The zero-order chi connectivity index (χ0) is 44.2. The average molecular weight is 844 g/mol. The van der Waals surface area contributed by atoms with Gasteiger partial charge in [0.2, 0.25) is 0 Å². The largest absolute Gasteiger partial charge is 0.467 e. The number of hydrogen-bond acceptors (Lipinski definition) is 15. The van der Waals surface area contributed by atoms with E-state index in [1.807, 2.05) is 0 Å². The predicted octanol–water partition coefficient (Wildman–Crippen LogP) is 3.33. The summed E-state index contributed by atoms with van der Waals surface area (Å²) in [5.41, 5.74) is -7.50. The first kappa shape index (κ1) is 43.4. The van der Waals surface area contributed by atoms with Gasteiger partial charge in [-0.2, -0.15) is 0 Å². The van der Waals surface area contributed by atoms with Crippen LogP contribution >= 0.6 is 0 Å². The van der Waals surface area contributed by atoms with Crippen LogP contribution in [-0.4, -0.2) is 105 Å². The highest BCUT2D eigenvalue weighted by Gasteiger charge is 2.78. The monoisotopic (exact) mass is 843 g/mol. The summed E-state index contributed by atoms with van der Waals surface area (Å²) < 4.78 is 35.6. The van der Waals surface area contributed by atoms with Crippen molar-refractivity contribution < 1.29 is 72.2 Å². The van der Waals surface area contributed by atoms with E-state index in [-0.39, 0.29) is 41.1 Å². The maximum Gasteiger partial charge on any atom is 0.338 e. The van der Waals surface area contributed by atoms with E-state index >= 15 is 4.79 Å². The third kappa shape index (κ3) is 7.14. The molecule has 3 aliphatic carbocycles. The van der Waals surface area contributed by atoms with Crippen molar-refractivity contribution in [2.75, 3.05) is 6.61 Å². The molecule has 7 rings (SSSR count). The van der Waals surface area contributed by atoms with E-state index < -0.39 is 113 Å². The van der Waals surface area contributed by atoms with Gasteiger partial charge in [-0.15, -0.1) is 0 Å². The van der Waals surface area contributed by atoms with E-state index in [1.54, 1.807) is 50.2 Å². The van der Waals surface area contributed by atoms with Gasteiger partial charge < -0.3 is 48.7 Å². The lowest BCUT2D eigenvalue weighted by atomic mass is 9.44. The molecule has 1 unspecified atom stereocenters. The Kier molecular flexibility index (Phi) is 11.4. The Morgan fingerprint density at radius 1 is 0.869 bits per heavy atom. The lowest BCUT2D eigenvalue weighted by molar-refractivity contribution is -0.346. The van der Waals surface area contributed by atoms with Gasteiger partial charge in [0.15, 0.2) is 23.6 Å². The fourth-order valence-electron chi connectivity index (χ4n) is 9.95. The minimum Gasteiger partial charge on any atom is -0.467 e. The van der Waals surface area contributed by atoms with Gasteiger partial charge in [0.25, 0.3) is 5.91 Å². The highest BCUT2D eigenvalue weighted by Crippen LogP contribution is 2.64. The number of esters is 4. The molecule has 4 N–H and O–H groups in total. The Morgan fingerprint density at radius 3 is 2.07 bits per heavy atom. The van der Waals surface area contributed by atoms with Crippen molar-refractivity contribution in [3.63, 3.8) is 0 Å². The van der Waals surface area contributed by atoms with Crippen LogP contribution < -0.4 is 5.32 Å². The number of aliphatic hydroxyl groups excluding tert-OH is 2. The minimum atomic E-state index is -2.40. The van der Waals surface area contributed by atoms with Crippen molar-refractivity contribution in [3.8, 4) is 0 Å². The maximum atomic E-state index is 15.4. The SMILES string of the molecule is CC(=O)O[C@H]1C(=O)[C@@]2(C)[C@H]([C@H](OC(=O)c3ccccc3)[C@]3(O)C[C@H](OC(=O)[C@H](O)C(NC(=O)c4ccccc4)c4ccco4)C(C)=C1C3(C)C)[C@]1(OC(C)=O)CO[C@@H]1C[C@@H]2O. The molecule has 16 nitrogen and oxygen atoms in total. The Morgan fingerprint density at radius 2 is 1.51 bits per heavy atom. The van der Waals surface area contributed by atoms with Crippen LogP contribution in [0.5, 0.6) is 0 Å². The summed E-state index contributed by atoms with van der Waals surface area (Å²) in [7, 11) is 0. The van der Waals surface area contributed by atoms with Crippen molar-refractivity contribution in [3.05, 3.63) is 107 Å². The Labute approximate surface area is 351 Å². The second-order valence-electron chi connectivity index (χ2n) is 17.0. The van der Waals surface area contributed by atoms with Crippen LogP contribution in [-0.2, 0) is 42.9 Å². The number of furan rings is 1. The minimum absolute atomic E-state index is 0.00830. The van der Waals surface area contributed by atoms with E-state index in [1.165, 1.54) is 56.5 Å². The van der Waals surface area contributed by atoms with Crippen LogP contribution in [0.3, 0.4) is 0 Å². The Balaban J connectivity index is 1.38.